The van der Waals surface area contributed by atoms with Crippen LogP contribution in [-0.2, 0) is 11.3 Å². The van der Waals surface area contributed by atoms with Gasteiger partial charge in [-0.25, -0.2) is 0 Å². The molecule has 0 aromatic heterocycles. The summed E-state index contributed by atoms with van der Waals surface area (Å²) in [6.45, 7) is 2.43. The van der Waals surface area contributed by atoms with Gasteiger partial charge >= 0.3 is 0 Å². The van der Waals surface area contributed by atoms with Crippen LogP contribution < -0.4 is 5.32 Å². The van der Waals surface area contributed by atoms with Gasteiger partial charge in [0, 0.05) is 11.6 Å². The van der Waals surface area contributed by atoms with E-state index in [0.29, 0.717) is 11.6 Å². The highest BCUT2D eigenvalue weighted by Gasteiger charge is 2.11. The molecule has 1 rings (SSSR count). The normalized spacial score (nSPS) is 12.2. The molecule has 1 unspecified atom stereocenters. The molecule has 82 valence electrons. The molecule has 1 atom stereocenters. The van der Waals surface area contributed by atoms with Crippen molar-refractivity contribution in [3.05, 3.63) is 34.9 Å². The van der Waals surface area contributed by atoms with Crippen LogP contribution in [0.4, 0.5) is 0 Å². The van der Waals surface area contributed by atoms with Gasteiger partial charge in [0.05, 0.1) is 4.83 Å². The molecular weight excluding hydrogens is 277 g/mol. The molecule has 0 saturated carbocycles. The van der Waals surface area contributed by atoms with Gasteiger partial charge in [-0.2, -0.15) is 0 Å². The van der Waals surface area contributed by atoms with Crippen LogP contribution in [0.3, 0.4) is 0 Å². The summed E-state index contributed by atoms with van der Waals surface area (Å²) in [6.07, 6.45) is 0.772. The first-order chi connectivity index (χ1) is 7.15. The maximum Gasteiger partial charge on any atom is 0.234 e. The molecular formula is C11H13BrClNO. The minimum Gasteiger partial charge on any atom is -0.351 e. The topological polar surface area (TPSA) is 29.1 Å². The molecule has 1 N–H and O–H groups in total. The largest absolute Gasteiger partial charge is 0.351 e. The molecule has 0 heterocycles. The zero-order valence-electron chi connectivity index (χ0n) is 8.47. The summed E-state index contributed by atoms with van der Waals surface area (Å²) in [5.41, 5.74) is 0.934. The Hall–Kier alpha value is -0.540. The number of hydrogen-bond donors (Lipinski definition) is 1. The number of halogens is 2. The Balaban J connectivity index is 2.51. The van der Waals surface area contributed by atoms with Gasteiger partial charge in [0.2, 0.25) is 5.91 Å². The van der Waals surface area contributed by atoms with E-state index in [9.17, 15) is 4.79 Å². The van der Waals surface area contributed by atoms with Crippen molar-refractivity contribution in [2.45, 2.75) is 24.7 Å². The quantitative estimate of drug-likeness (QED) is 0.848. The average Bonchev–Trinajstić information content (AvgIpc) is 2.26. The summed E-state index contributed by atoms with van der Waals surface area (Å²) in [4.78, 5) is 11.3. The zero-order valence-corrected chi connectivity index (χ0v) is 10.8. The molecule has 0 fully saturated rings. The van der Waals surface area contributed by atoms with Gasteiger partial charge in [0.15, 0.2) is 0 Å². The number of carbonyl (C=O) groups is 1. The number of nitrogens with one attached hydrogen (secondary N) is 1. The van der Waals surface area contributed by atoms with Gasteiger partial charge in [-0.1, -0.05) is 52.7 Å². The Bertz CT molecular complexity index is 343. The minimum absolute atomic E-state index is 0.00239. The van der Waals surface area contributed by atoms with Crippen LogP contribution in [0, 0.1) is 0 Å². The smallest absolute Gasteiger partial charge is 0.234 e. The molecule has 0 saturated heterocycles. The minimum atomic E-state index is -0.125. The first-order valence-electron chi connectivity index (χ1n) is 4.80. The van der Waals surface area contributed by atoms with Crippen LogP contribution in [-0.4, -0.2) is 10.7 Å². The first kappa shape index (κ1) is 12.5. The van der Waals surface area contributed by atoms with Crippen molar-refractivity contribution in [1.29, 1.82) is 0 Å². The van der Waals surface area contributed by atoms with E-state index in [1.54, 1.807) is 0 Å². The van der Waals surface area contributed by atoms with Crippen LogP contribution >= 0.6 is 27.5 Å². The Morgan fingerprint density at radius 3 is 2.80 bits per heavy atom. The lowest BCUT2D eigenvalue weighted by Crippen LogP contribution is -2.30. The molecule has 0 aliphatic heterocycles. The van der Waals surface area contributed by atoms with E-state index >= 15 is 0 Å². The monoisotopic (exact) mass is 289 g/mol. The van der Waals surface area contributed by atoms with Gasteiger partial charge in [-0.05, 0) is 18.1 Å². The lowest BCUT2D eigenvalue weighted by Gasteiger charge is -2.09. The molecule has 2 nitrogen and oxygen atoms in total. The number of rotatable bonds is 4. The molecule has 0 spiro atoms. The second-order valence-electron chi connectivity index (χ2n) is 3.18. The highest BCUT2D eigenvalue weighted by Crippen LogP contribution is 2.14. The maximum absolute atomic E-state index is 11.5. The number of benzene rings is 1. The second kappa shape index (κ2) is 6.13. The molecule has 1 amide bonds. The SMILES string of the molecule is CCC(Br)C(=O)NCc1ccccc1Cl. The van der Waals surface area contributed by atoms with Crippen molar-refractivity contribution in [3.63, 3.8) is 0 Å². The van der Waals surface area contributed by atoms with Crippen LogP contribution in [0.25, 0.3) is 0 Å². The van der Waals surface area contributed by atoms with Gasteiger partial charge in [0.25, 0.3) is 0 Å². The van der Waals surface area contributed by atoms with Gasteiger partial charge in [0.1, 0.15) is 0 Å². The third-order valence-electron chi connectivity index (χ3n) is 2.05. The molecule has 1 aromatic carbocycles. The van der Waals surface area contributed by atoms with E-state index in [-0.39, 0.29) is 10.7 Å². The third kappa shape index (κ3) is 3.84. The fourth-order valence-corrected chi connectivity index (χ4v) is 1.48. The van der Waals surface area contributed by atoms with Crippen molar-refractivity contribution in [2.75, 3.05) is 0 Å². The summed E-state index contributed by atoms with van der Waals surface area (Å²) in [7, 11) is 0. The molecule has 0 bridgehead atoms. The Labute approximate surface area is 103 Å². The van der Waals surface area contributed by atoms with Crippen molar-refractivity contribution in [2.24, 2.45) is 0 Å². The lowest BCUT2D eigenvalue weighted by molar-refractivity contribution is -0.120. The van der Waals surface area contributed by atoms with Gasteiger partial charge in [-0.3, -0.25) is 4.79 Å². The molecule has 0 aliphatic rings. The predicted octanol–water partition coefficient (Wildman–Crippen LogP) is 3.13. The van der Waals surface area contributed by atoms with Crippen LogP contribution in [0.15, 0.2) is 24.3 Å². The van der Waals surface area contributed by atoms with Gasteiger partial charge < -0.3 is 5.32 Å². The van der Waals surface area contributed by atoms with E-state index in [1.165, 1.54) is 0 Å². The van der Waals surface area contributed by atoms with Crippen LogP contribution in [0.1, 0.15) is 18.9 Å². The van der Waals surface area contributed by atoms with Crippen LogP contribution in [0.2, 0.25) is 5.02 Å². The summed E-state index contributed by atoms with van der Waals surface area (Å²) < 4.78 is 0. The Kier molecular flexibility index (Phi) is 5.12. The molecule has 15 heavy (non-hydrogen) atoms. The first-order valence-corrected chi connectivity index (χ1v) is 6.09. The Morgan fingerprint density at radius 1 is 1.53 bits per heavy atom. The summed E-state index contributed by atoms with van der Waals surface area (Å²) >= 11 is 9.25. The average molecular weight is 291 g/mol. The molecule has 0 radical (unpaired) electrons. The molecule has 1 aromatic rings. The lowest BCUT2D eigenvalue weighted by atomic mass is 10.2. The highest BCUT2D eigenvalue weighted by atomic mass is 79.9. The van der Waals surface area contributed by atoms with E-state index in [4.69, 9.17) is 11.6 Å². The molecule has 0 aliphatic carbocycles. The Morgan fingerprint density at radius 2 is 2.20 bits per heavy atom. The fraction of sp³-hybridized carbons (Fsp3) is 0.364. The van der Waals surface area contributed by atoms with E-state index in [0.717, 1.165) is 12.0 Å². The van der Waals surface area contributed by atoms with Crippen molar-refractivity contribution < 1.29 is 4.79 Å². The van der Waals surface area contributed by atoms with E-state index in [1.807, 2.05) is 31.2 Å². The number of amides is 1. The zero-order chi connectivity index (χ0) is 11.3. The maximum atomic E-state index is 11.5. The van der Waals surface area contributed by atoms with Crippen molar-refractivity contribution in [3.8, 4) is 0 Å². The molecule has 4 heteroatoms. The summed E-state index contributed by atoms with van der Waals surface area (Å²) in [5.74, 6) is -0.00239. The standard InChI is InChI=1S/C11H13BrClNO/c1-2-9(12)11(15)14-7-8-5-3-4-6-10(8)13/h3-6,9H,2,7H2,1H3,(H,14,15). The third-order valence-corrected chi connectivity index (χ3v) is 3.49. The van der Waals surface area contributed by atoms with Crippen molar-refractivity contribution in [1.82, 2.24) is 5.32 Å². The fourth-order valence-electron chi connectivity index (χ4n) is 1.12. The van der Waals surface area contributed by atoms with Crippen LogP contribution in [0.5, 0.6) is 0 Å². The van der Waals surface area contributed by atoms with E-state index in [2.05, 4.69) is 21.2 Å². The van der Waals surface area contributed by atoms with Crippen molar-refractivity contribution >= 4 is 33.4 Å². The summed E-state index contributed by atoms with van der Waals surface area (Å²) in [6, 6.07) is 7.48. The second-order valence-corrected chi connectivity index (χ2v) is 4.70. The number of alkyl halides is 1. The number of carbonyl (C=O) groups excluding carboxylic acids is 1. The summed E-state index contributed by atoms with van der Waals surface area (Å²) in [5, 5.41) is 3.50. The van der Waals surface area contributed by atoms with E-state index < -0.39 is 0 Å². The predicted molar refractivity (Wildman–Crippen MR) is 66.3 cm³/mol. The highest BCUT2D eigenvalue weighted by molar-refractivity contribution is 9.10. The van der Waals surface area contributed by atoms with Gasteiger partial charge in [-0.15, -0.1) is 0 Å². The number of hydrogen-bond acceptors (Lipinski definition) is 1.